The Morgan fingerprint density at radius 2 is 2.27 bits per heavy atom. The number of hydrogen-bond donors (Lipinski definition) is 1. The predicted octanol–water partition coefficient (Wildman–Crippen LogP) is 2.29. The van der Waals surface area contributed by atoms with E-state index >= 15 is 0 Å². The molecule has 0 bridgehead atoms. The van der Waals surface area contributed by atoms with Crippen molar-refractivity contribution in [1.82, 2.24) is 0 Å². The molecule has 2 N–H and O–H groups in total. The molecule has 0 spiro atoms. The third-order valence-corrected chi connectivity index (χ3v) is 2.47. The number of rotatable bonds is 0. The van der Waals surface area contributed by atoms with Crippen LogP contribution in [0, 0.1) is 0 Å². The van der Waals surface area contributed by atoms with Crippen molar-refractivity contribution < 1.29 is 0 Å². The summed E-state index contributed by atoms with van der Waals surface area (Å²) in [5.74, 6) is 0. The second kappa shape index (κ2) is 2.50. The maximum Gasteiger partial charge on any atom is 0.0409 e. The highest BCUT2D eigenvalue weighted by Gasteiger charge is 2.18. The van der Waals surface area contributed by atoms with E-state index in [-0.39, 0.29) is 6.04 Å². The van der Waals surface area contributed by atoms with Crippen molar-refractivity contribution in [3.8, 4) is 0 Å². The first kappa shape index (κ1) is 7.14. The zero-order valence-corrected chi connectivity index (χ0v) is 6.93. The summed E-state index contributed by atoms with van der Waals surface area (Å²) < 4.78 is 0. The van der Waals surface area contributed by atoms with Crippen LogP contribution in [0.5, 0.6) is 0 Å². The normalized spacial score (nSPS) is 21.8. The van der Waals surface area contributed by atoms with E-state index in [4.69, 9.17) is 17.3 Å². The fourth-order valence-corrected chi connectivity index (χ4v) is 1.79. The summed E-state index contributed by atoms with van der Waals surface area (Å²) in [4.78, 5) is 0. The van der Waals surface area contributed by atoms with Crippen molar-refractivity contribution in [2.24, 2.45) is 5.73 Å². The predicted molar refractivity (Wildman–Crippen MR) is 46.7 cm³/mol. The second-order valence-corrected chi connectivity index (χ2v) is 3.42. The summed E-state index contributed by atoms with van der Waals surface area (Å²) in [5, 5.41) is 0.793. The van der Waals surface area contributed by atoms with Crippen LogP contribution in [0.25, 0.3) is 0 Å². The van der Waals surface area contributed by atoms with E-state index in [1.54, 1.807) is 0 Å². The van der Waals surface area contributed by atoms with Gasteiger partial charge in [-0.15, -0.1) is 0 Å². The molecule has 58 valence electrons. The molecule has 1 nitrogen and oxygen atoms in total. The number of aryl methyl sites for hydroxylation is 1. The summed E-state index contributed by atoms with van der Waals surface area (Å²) in [7, 11) is 0. The Morgan fingerprint density at radius 3 is 3.09 bits per heavy atom. The van der Waals surface area contributed by atoms with Gasteiger partial charge < -0.3 is 5.73 Å². The third-order valence-electron chi connectivity index (χ3n) is 2.23. The van der Waals surface area contributed by atoms with E-state index in [1.165, 1.54) is 11.1 Å². The molecule has 0 saturated carbocycles. The average Bonchev–Trinajstić information content (AvgIpc) is 2.33. The summed E-state index contributed by atoms with van der Waals surface area (Å²) in [6, 6.07) is 6.20. The fourth-order valence-electron chi connectivity index (χ4n) is 1.61. The van der Waals surface area contributed by atoms with Crippen molar-refractivity contribution in [3.63, 3.8) is 0 Å². The Balaban J connectivity index is 2.52. The Hall–Kier alpha value is -0.530. The van der Waals surface area contributed by atoms with Crippen molar-refractivity contribution in [2.45, 2.75) is 18.9 Å². The molecule has 0 radical (unpaired) electrons. The van der Waals surface area contributed by atoms with Gasteiger partial charge in [-0.3, -0.25) is 0 Å². The van der Waals surface area contributed by atoms with Crippen LogP contribution in [0.1, 0.15) is 23.6 Å². The minimum atomic E-state index is 0.212. The van der Waals surface area contributed by atoms with Crippen LogP contribution in [0.15, 0.2) is 18.2 Å². The molecule has 0 amide bonds. The van der Waals surface area contributed by atoms with Gasteiger partial charge in [0.05, 0.1) is 0 Å². The molecule has 1 aliphatic carbocycles. The summed E-state index contributed by atoms with van der Waals surface area (Å²) >= 11 is 5.83. The Bertz CT molecular complexity index is 283. The van der Waals surface area contributed by atoms with E-state index in [2.05, 4.69) is 6.07 Å². The first-order valence-corrected chi connectivity index (χ1v) is 4.19. The topological polar surface area (TPSA) is 26.0 Å². The van der Waals surface area contributed by atoms with Gasteiger partial charge in [-0.25, -0.2) is 0 Å². The van der Waals surface area contributed by atoms with Crippen molar-refractivity contribution in [2.75, 3.05) is 0 Å². The highest BCUT2D eigenvalue weighted by atomic mass is 35.5. The van der Waals surface area contributed by atoms with Gasteiger partial charge in [-0.05, 0) is 36.1 Å². The van der Waals surface area contributed by atoms with Crippen LogP contribution in [-0.4, -0.2) is 0 Å². The van der Waals surface area contributed by atoms with E-state index in [1.807, 2.05) is 12.1 Å². The zero-order valence-electron chi connectivity index (χ0n) is 6.18. The standard InChI is InChI=1S/C9H10ClN/c10-7-3-1-6-2-4-9(11)8(6)5-7/h1,3,5,9H,2,4,11H2. The largest absolute Gasteiger partial charge is 0.324 e. The van der Waals surface area contributed by atoms with Crippen LogP contribution in [0.2, 0.25) is 5.02 Å². The lowest BCUT2D eigenvalue weighted by Gasteiger charge is -2.03. The Morgan fingerprint density at radius 1 is 1.45 bits per heavy atom. The highest BCUT2D eigenvalue weighted by molar-refractivity contribution is 6.30. The summed E-state index contributed by atoms with van der Waals surface area (Å²) in [6.45, 7) is 0. The quantitative estimate of drug-likeness (QED) is 0.631. The molecule has 0 fully saturated rings. The molecule has 11 heavy (non-hydrogen) atoms. The Labute approximate surface area is 71.2 Å². The van der Waals surface area contributed by atoms with Crippen LogP contribution in [-0.2, 0) is 6.42 Å². The number of benzene rings is 1. The molecule has 2 rings (SSSR count). The van der Waals surface area contributed by atoms with Crippen molar-refractivity contribution in [3.05, 3.63) is 34.3 Å². The van der Waals surface area contributed by atoms with Crippen LogP contribution < -0.4 is 5.73 Å². The lowest BCUT2D eigenvalue weighted by Crippen LogP contribution is -2.04. The molecule has 0 aliphatic heterocycles. The molecule has 1 aromatic carbocycles. The van der Waals surface area contributed by atoms with Crippen LogP contribution in [0.4, 0.5) is 0 Å². The number of halogens is 1. The molecule has 0 heterocycles. The number of hydrogen-bond acceptors (Lipinski definition) is 1. The molecule has 0 aromatic heterocycles. The van der Waals surface area contributed by atoms with Gasteiger partial charge in [0, 0.05) is 11.1 Å². The SMILES string of the molecule is NC1CCc2ccc(Cl)cc21. The van der Waals surface area contributed by atoms with E-state index in [0.717, 1.165) is 17.9 Å². The first-order valence-electron chi connectivity index (χ1n) is 3.81. The highest BCUT2D eigenvalue weighted by Crippen LogP contribution is 2.30. The molecule has 2 heteroatoms. The third kappa shape index (κ3) is 1.15. The van der Waals surface area contributed by atoms with Crippen LogP contribution in [0.3, 0.4) is 0 Å². The summed E-state index contributed by atoms with van der Waals surface area (Å²) in [6.07, 6.45) is 2.17. The van der Waals surface area contributed by atoms with E-state index < -0.39 is 0 Å². The van der Waals surface area contributed by atoms with Crippen LogP contribution >= 0.6 is 11.6 Å². The molecule has 1 aliphatic rings. The maximum absolute atomic E-state index is 5.86. The van der Waals surface area contributed by atoms with E-state index in [9.17, 15) is 0 Å². The smallest absolute Gasteiger partial charge is 0.0409 e. The monoisotopic (exact) mass is 167 g/mol. The van der Waals surface area contributed by atoms with E-state index in [0.29, 0.717) is 0 Å². The fraction of sp³-hybridized carbons (Fsp3) is 0.333. The number of nitrogens with two attached hydrogens (primary N) is 1. The molecular formula is C9H10ClN. The van der Waals surface area contributed by atoms with Gasteiger partial charge in [0.25, 0.3) is 0 Å². The van der Waals surface area contributed by atoms with Crippen molar-refractivity contribution in [1.29, 1.82) is 0 Å². The second-order valence-electron chi connectivity index (χ2n) is 2.99. The van der Waals surface area contributed by atoms with Gasteiger partial charge in [0.2, 0.25) is 0 Å². The maximum atomic E-state index is 5.86. The zero-order chi connectivity index (χ0) is 7.84. The van der Waals surface area contributed by atoms with Gasteiger partial charge in [0.1, 0.15) is 0 Å². The molecule has 1 unspecified atom stereocenters. The lowest BCUT2D eigenvalue weighted by molar-refractivity contribution is 0.713. The molecule has 1 aromatic rings. The van der Waals surface area contributed by atoms with Gasteiger partial charge >= 0.3 is 0 Å². The lowest BCUT2D eigenvalue weighted by atomic mass is 10.1. The minimum absolute atomic E-state index is 0.212. The van der Waals surface area contributed by atoms with Gasteiger partial charge in [-0.2, -0.15) is 0 Å². The summed E-state index contributed by atoms with van der Waals surface area (Å²) in [5.41, 5.74) is 8.45. The molecular weight excluding hydrogens is 158 g/mol. The first-order chi connectivity index (χ1) is 5.27. The van der Waals surface area contributed by atoms with Gasteiger partial charge in [-0.1, -0.05) is 17.7 Å². The molecule has 0 saturated heterocycles. The molecule has 1 atom stereocenters. The van der Waals surface area contributed by atoms with Gasteiger partial charge in [0.15, 0.2) is 0 Å². The van der Waals surface area contributed by atoms with Crippen molar-refractivity contribution >= 4 is 11.6 Å². The Kier molecular flexibility index (Phi) is 1.63. The number of fused-ring (bicyclic) bond motifs is 1. The minimum Gasteiger partial charge on any atom is -0.324 e. The average molecular weight is 168 g/mol.